The Labute approximate surface area is 71.5 Å². The van der Waals surface area contributed by atoms with Crippen LogP contribution in [0, 0.1) is 12.3 Å². The quantitative estimate of drug-likeness (QED) is 0.579. The molecule has 0 saturated carbocycles. The number of rotatable bonds is 0. The van der Waals surface area contributed by atoms with Crippen molar-refractivity contribution >= 4 is 5.69 Å². The van der Waals surface area contributed by atoms with E-state index in [1.54, 1.807) is 0 Å². The first-order valence-corrected chi connectivity index (χ1v) is 3.87. The molecule has 0 radical (unpaired) electrons. The molecular weight excluding hydrogens is 150 g/mol. The minimum Gasteiger partial charge on any atom is -0.490 e. The third kappa shape index (κ3) is 1.10. The average Bonchev–Trinajstić information content (AvgIpc) is 2.17. The Balaban J connectivity index is 2.44. The summed E-state index contributed by atoms with van der Waals surface area (Å²) < 4.78 is 5.39. The van der Waals surface area contributed by atoms with E-state index in [4.69, 9.17) is 11.2 Å². The molecule has 60 valence electrons. The van der Waals surface area contributed by atoms with Crippen molar-refractivity contribution in [1.82, 2.24) is 0 Å². The fourth-order valence-corrected chi connectivity index (χ4v) is 1.23. The van der Waals surface area contributed by atoms with E-state index in [2.05, 4.69) is 11.2 Å². The maximum absolute atomic E-state index is 5.39. The summed E-state index contributed by atoms with van der Waals surface area (Å²) in [5, 5.41) is 3.22. The molecule has 0 bridgehead atoms. The van der Waals surface area contributed by atoms with Crippen LogP contribution in [0.5, 0.6) is 5.75 Å². The van der Waals surface area contributed by atoms with Gasteiger partial charge in [-0.3, -0.25) is 0 Å². The Morgan fingerprint density at radius 2 is 2.42 bits per heavy atom. The van der Waals surface area contributed by atoms with Crippen molar-refractivity contribution in [2.75, 3.05) is 18.5 Å². The first-order chi connectivity index (χ1) is 5.90. The lowest BCUT2D eigenvalue weighted by Gasteiger charge is -2.18. The second kappa shape index (κ2) is 2.78. The zero-order chi connectivity index (χ0) is 8.39. The molecule has 1 aromatic carbocycles. The highest BCUT2D eigenvalue weighted by Gasteiger charge is 2.08. The number of hydrogen-bond donors (Lipinski definition) is 1. The van der Waals surface area contributed by atoms with Crippen molar-refractivity contribution in [2.45, 2.75) is 0 Å². The summed E-state index contributed by atoms with van der Waals surface area (Å²) >= 11 is 0. The molecule has 1 aliphatic rings. The molecule has 1 aliphatic heterocycles. The van der Waals surface area contributed by atoms with Gasteiger partial charge in [-0.1, -0.05) is 5.92 Å². The summed E-state index contributed by atoms with van der Waals surface area (Å²) in [5.41, 5.74) is 1.88. The number of benzene rings is 1. The van der Waals surface area contributed by atoms with E-state index in [1.807, 2.05) is 18.2 Å². The van der Waals surface area contributed by atoms with Crippen LogP contribution in [0.15, 0.2) is 18.2 Å². The van der Waals surface area contributed by atoms with Crippen LogP contribution in [-0.2, 0) is 0 Å². The van der Waals surface area contributed by atoms with Crippen molar-refractivity contribution < 1.29 is 4.74 Å². The van der Waals surface area contributed by atoms with Gasteiger partial charge < -0.3 is 10.1 Å². The van der Waals surface area contributed by atoms with E-state index < -0.39 is 0 Å². The monoisotopic (exact) mass is 159 g/mol. The average molecular weight is 159 g/mol. The van der Waals surface area contributed by atoms with E-state index in [1.165, 1.54) is 0 Å². The van der Waals surface area contributed by atoms with Crippen LogP contribution in [0.3, 0.4) is 0 Å². The highest BCUT2D eigenvalue weighted by atomic mass is 16.5. The maximum atomic E-state index is 5.39. The minimum atomic E-state index is 0.725. The van der Waals surface area contributed by atoms with E-state index in [-0.39, 0.29) is 0 Å². The Hall–Kier alpha value is -1.62. The van der Waals surface area contributed by atoms with E-state index >= 15 is 0 Å². The van der Waals surface area contributed by atoms with Crippen molar-refractivity contribution in [3.8, 4) is 18.1 Å². The standard InChI is InChI=1S/C10H9NO/c1-2-8-3-4-10-9(7-8)11-5-6-12-10/h1,3-4,7,11H,5-6H2. The number of terminal acetylenes is 1. The van der Waals surface area contributed by atoms with Gasteiger partial charge in [0.25, 0.3) is 0 Å². The van der Waals surface area contributed by atoms with Gasteiger partial charge in [0, 0.05) is 12.1 Å². The van der Waals surface area contributed by atoms with Gasteiger partial charge in [-0.05, 0) is 18.2 Å². The molecule has 1 aromatic rings. The van der Waals surface area contributed by atoms with Gasteiger partial charge >= 0.3 is 0 Å². The summed E-state index contributed by atoms with van der Waals surface area (Å²) in [7, 11) is 0. The summed E-state index contributed by atoms with van der Waals surface area (Å²) in [6.07, 6.45) is 5.26. The van der Waals surface area contributed by atoms with E-state index in [9.17, 15) is 0 Å². The molecule has 2 rings (SSSR count). The SMILES string of the molecule is C#Cc1ccc2c(c1)NCCO2. The third-order valence-electron chi connectivity index (χ3n) is 1.82. The fourth-order valence-electron chi connectivity index (χ4n) is 1.23. The Morgan fingerprint density at radius 1 is 1.50 bits per heavy atom. The van der Waals surface area contributed by atoms with Crippen LogP contribution >= 0.6 is 0 Å². The number of nitrogens with one attached hydrogen (secondary N) is 1. The molecule has 0 amide bonds. The van der Waals surface area contributed by atoms with Crippen LogP contribution < -0.4 is 10.1 Å². The Kier molecular flexibility index (Phi) is 1.64. The van der Waals surface area contributed by atoms with Gasteiger partial charge in [0.15, 0.2) is 0 Å². The summed E-state index contributed by atoms with van der Waals surface area (Å²) in [5.74, 6) is 3.47. The van der Waals surface area contributed by atoms with Crippen LogP contribution in [0.25, 0.3) is 0 Å². The molecule has 1 heterocycles. The lowest BCUT2D eigenvalue weighted by Crippen LogP contribution is -2.17. The zero-order valence-corrected chi connectivity index (χ0v) is 6.63. The first-order valence-electron chi connectivity index (χ1n) is 3.87. The molecule has 2 heteroatoms. The molecule has 0 spiro atoms. The van der Waals surface area contributed by atoms with Gasteiger partial charge in [0.2, 0.25) is 0 Å². The fraction of sp³-hybridized carbons (Fsp3) is 0.200. The summed E-state index contributed by atoms with van der Waals surface area (Å²) in [4.78, 5) is 0. The molecule has 12 heavy (non-hydrogen) atoms. The van der Waals surface area contributed by atoms with Crippen LogP contribution in [0.2, 0.25) is 0 Å². The maximum Gasteiger partial charge on any atom is 0.142 e. The van der Waals surface area contributed by atoms with E-state index in [0.717, 1.165) is 30.2 Å². The van der Waals surface area contributed by atoms with Gasteiger partial charge in [0.1, 0.15) is 12.4 Å². The van der Waals surface area contributed by atoms with Crippen molar-refractivity contribution in [1.29, 1.82) is 0 Å². The molecule has 0 atom stereocenters. The van der Waals surface area contributed by atoms with Crippen molar-refractivity contribution in [3.05, 3.63) is 23.8 Å². The molecule has 2 nitrogen and oxygen atoms in total. The second-order valence-electron chi connectivity index (χ2n) is 2.63. The van der Waals surface area contributed by atoms with Crippen molar-refractivity contribution in [2.24, 2.45) is 0 Å². The Bertz CT molecular complexity index is 338. The molecule has 0 aromatic heterocycles. The smallest absolute Gasteiger partial charge is 0.142 e. The lowest BCUT2D eigenvalue weighted by atomic mass is 10.2. The molecule has 0 fully saturated rings. The van der Waals surface area contributed by atoms with Gasteiger partial charge in [-0.15, -0.1) is 6.42 Å². The highest BCUT2D eigenvalue weighted by Crippen LogP contribution is 2.27. The van der Waals surface area contributed by atoms with Crippen LogP contribution in [0.4, 0.5) is 5.69 Å². The molecule has 0 saturated heterocycles. The Morgan fingerprint density at radius 3 is 3.25 bits per heavy atom. The largest absolute Gasteiger partial charge is 0.490 e. The second-order valence-corrected chi connectivity index (χ2v) is 2.63. The van der Waals surface area contributed by atoms with Gasteiger partial charge in [-0.25, -0.2) is 0 Å². The number of ether oxygens (including phenoxy) is 1. The molecule has 0 unspecified atom stereocenters. The highest BCUT2D eigenvalue weighted by molar-refractivity contribution is 5.61. The number of hydrogen-bond acceptors (Lipinski definition) is 2. The zero-order valence-electron chi connectivity index (χ0n) is 6.63. The normalized spacial score (nSPS) is 13.6. The number of fused-ring (bicyclic) bond motifs is 1. The predicted octanol–water partition coefficient (Wildman–Crippen LogP) is 1.47. The van der Waals surface area contributed by atoms with Crippen LogP contribution in [0.1, 0.15) is 5.56 Å². The summed E-state index contributed by atoms with van der Waals surface area (Å²) in [6, 6.07) is 5.71. The van der Waals surface area contributed by atoms with E-state index in [0.29, 0.717) is 0 Å². The lowest BCUT2D eigenvalue weighted by molar-refractivity contribution is 0.323. The summed E-state index contributed by atoms with van der Waals surface area (Å²) in [6.45, 7) is 1.57. The topological polar surface area (TPSA) is 21.3 Å². The first kappa shape index (κ1) is 7.05. The third-order valence-corrected chi connectivity index (χ3v) is 1.82. The van der Waals surface area contributed by atoms with Crippen molar-refractivity contribution in [3.63, 3.8) is 0 Å². The molecule has 1 N–H and O–H groups in total. The molecular formula is C10H9NO. The van der Waals surface area contributed by atoms with Gasteiger partial charge in [-0.2, -0.15) is 0 Å². The minimum absolute atomic E-state index is 0.725. The molecule has 0 aliphatic carbocycles. The van der Waals surface area contributed by atoms with Gasteiger partial charge in [0.05, 0.1) is 5.69 Å². The predicted molar refractivity (Wildman–Crippen MR) is 48.4 cm³/mol. The van der Waals surface area contributed by atoms with Crippen LogP contribution in [-0.4, -0.2) is 13.2 Å². The number of anilines is 1.